The van der Waals surface area contributed by atoms with Gasteiger partial charge in [0.2, 0.25) is 0 Å². The predicted octanol–water partition coefficient (Wildman–Crippen LogP) is 19.7. The van der Waals surface area contributed by atoms with Gasteiger partial charge in [-0.1, -0.05) is 147 Å². The molecule has 0 radical (unpaired) electrons. The van der Waals surface area contributed by atoms with E-state index in [-0.39, 0.29) is 11.1 Å². The lowest BCUT2D eigenvalue weighted by molar-refractivity contribution is -0.173. The van der Waals surface area contributed by atoms with Crippen molar-refractivity contribution in [1.82, 2.24) is 0 Å². The van der Waals surface area contributed by atoms with Gasteiger partial charge in [0.25, 0.3) is 0 Å². The first-order chi connectivity index (χ1) is 36.1. The highest BCUT2D eigenvalue weighted by Gasteiger charge is 2.53. The highest BCUT2D eigenvalue weighted by Crippen LogP contribution is 2.49. The molecule has 10 aromatic carbocycles. The van der Waals surface area contributed by atoms with Crippen LogP contribution in [0.25, 0.3) is 12.2 Å². The molecule has 0 unspecified atom stereocenters. The molecule has 0 fully saturated rings. The van der Waals surface area contributed by atoms with Crippen LogP contribution in [0.3, 0.4) is 0 Å². The molecule has 0 saturated carbocycles. The first-order valence-electron chi connectivity index (χ1n) is 24.5. The van der Waals surface area contributed by atoms with Crippen LogP contribution in [-0.4, -0.2) is 6.18 Å². The topological polar surface area (TPSA) is 13.0 Å². The van der Waals surface area contributed by atoms with Crippen molar-refractivity contribution in [2.75, 3.05) is 19.6 Å². The molecule has 0 heterocycles. The van der Waals surface area contributed by atoms with E-state index in [2.05, 4.69) is 106 Å². The van der Waals surface area contributed by atoms with Crippen LogP contribution in [0.5, 0.6) is 0 Å². The van der Waals surface area contributed by atoms with Crippen LogP contribution in [0.4, 0.5) is 81.4 Å². The van der Waals surface area contributed by atoms with Crippen molar-refractivity contribution in [3.8, 4) is 0 Å². The van der Waals surface area contributed by atoms with E-state index in [1.165, 1.54) is 6.92 Å². The molecule has 0 aliphatic carbocycles. The minimum atomic E-state index is -4.64. The summed E-state index contributed by atoms with van der Waals surface area (Å²) in [7, 11) is 0. The molecule has 10 rings (SSSR count). The van der Waals surface area contributed by atoms with E-state index in [1.54, 1.807) is 60.7 Å². The van der Waals surface area contributed by atoms with E-state index in [4.69, 9.17) is 0 Å². The Hall–Kier alpha value is -9.33. The van der Waals surface area contributed by atoms with Crippen molar-refractivity contribution in [1.29, 1.82) is 0 Å². The molecule has 0 spiro atoms. The van der Waals surface area contributed by atoms with Gasteiger partial charge in [-0.15, -0.1) is 0 Å². The quantitative estimate of drug-likeness (QED) is 0.0956. The number of rotatable bonds is 16. The molecule has 0 aliphatic heterocycles. The molecule has 0 amide bonds. The SMILES string of the molecule is C=Cc1ccc(N(c2ccc(N(c3ccccc3)c3ccccc3)cc2)c2ccc(C(C)(c3ccc(N(c4ccc(C=C)cc4)c4ccc(N(c5ccccc5)c5ccccc5)cc4)cc3)C(F)(F)F)cc2)cc1. The Morgan fingerprint density at radius 2 is 0.446 bits per heavy atom. The number of nitrogens with zero attached hydrogens (tertiary/aromatic N) is 4. The van der Waals surface area contributed by atoms with Crippen LogP contribution in [-0.2, 0) is 5.41 Å². The van der Waals surface area contributed by atoms with Crippen molar-refractivity contribution in [3.63, 3.8) is 0 Å². The summed E-state index contributed by atoms with van der Waals surface area (Å²) in [5.41, 5.74) is 10.5. The first-order valence-corrected chi connectivity index (χ1v) is 24.5. The van der Waals surface area contributed by atoms with Crippen molar-refractivity contribution in [2.45, 2.75) is 18.5 Å². The zero-order valence-electron chi connectivity index (χ0n) is 40.9. The van der Waals surface area contributed by atoms with Crippen LogP contribution in [0.1, 0.15) is 29.2 Å². The molecule has 0 aromatic heterocycles. The molecular formula is C67H53F3N4. The molecule has 0 aliphatic rings. The van der Waals surface area contributed by atoms with Crippen molar-refractivity contribution in [3.05, 3.63) is 302 Å². The van der Waals surface area contributed by atoms with Gasteiger partial charge < -0.3 is 19.6 Å². The Morgan fingerprint density at radius 1 is 0.270 bits per heavy atom. The third kappa shape index (κ3) is 9.84. The summed E-state index contributed by atoms with van der Waals surface area (Å²) in [4.78, 5) is 8.49. The lowest BCUT2D eigenvalue weighted by atomic mass is 9.75. The lowest BCUT2D eigenvalue weighted by Crippen LogP contribution is -2.40. The first kappa shape index (κ1) is 48.3. The second-order valence-corrected chi connectivity index (χ2v) is 18.0. The Morgan fingerprint density at radius 3 is 0.635 bits per heavy atom. The predicted molar refractivity (Wildman–Crippen MR) is 304 cm³/mol. The molecule has 10 aromatic rings. The third-order valence-electron chi connectivity index (χ3n) is 13.5. The molecule has 4 nitrogen and oxygen atoms in total. The van der Waals surface area contributed by atoms with Crippen LogP contribution >= 0.6 is 0 Å². The van der Waals surface area contributed by atoms with Gasteiger partial charge in [-0.2, -0.15) is 13.2 Å². The van der Waals surface area contributed by atoms with E-state index in [1.807, 2.05) is 146 Å². The minimum absolute atomic E-state index is 0.119. The van der Waals surface area contributed by atoms with Gasteiger partial charge in [0.05, 0.1) is 0 Å². The van der Waals surface area contributed by atoms with Crippen LogP contribution < -0.4 is 19.6 Å². The number of halogens is 3. The van der Waals surface area contributed by atoms with Gasteiger partial charge in [-0.25, -0.2) is 0 Å². The van der Waals surface area contributed by atoms with Crippen molar-refractivity contribution in [2.24, 2.45) is 0 Å². The maximum atomic E-state index is 15.8. The van der Waals surface area contributed by atoms with Gasteiger partial charge in [0.1, 0.15) is 5.41 Å². The zero-order valence-corrected chi connectivity index (χ0v) is 40.9. The molecule has 0 saturated heterocycles. The summed E-state index contributed by atoms with van der Waals surface area (Å²) in [6.07, 6.45) is -1.08. The number of alkyl halides is 3. The Balaban J connectivity index is 0.989. The van der Waals surface area contributed by atoms with E-state index in [0.717, 1.165) is 68.0 Å². The van der Waals surface area contributed by atoms with E-state index in [9.17, 15) is 0 Å². The zero-order chi connectivity index (χ0) is 51.1. The smallest absolute Gasteiger partial charge is 0.311 e. The number of anilines is 12. The van der Waals surface area contributed by atoms with Gasteiger partial charge in [-0.05, 0) is 175 Å². The highest BCUT2D eigenvalue weighted by molar-refractivity contribution is 5.84. The van der Waals surface area contributed by atoms with E-state index in [0.29, 0.717) is 11.4 Å². The van der Waals surface area contributed by atoms with E-state index >= 15 is 13.2 Å². The Kier molecular flexibility index (Phi) is 13.8. The van der Waals surface area contributed by atoms with E-state index < -0.39 is 11.6 Å². The van der Waals surface area contributed by atoms with Crippen LogP contribution in [0.2, 0.25) is 0 Å². The van der Waals surface area contributed by atoms with Crippen LogP contribution in [0, 0.1) is 0 Å². The number of benzene rings is 10. The van der Waals surface area contributed by atoms with Crippen molar-refractivity contribution >= 4 is 80.4 Å². The monoisotopic (exact) mass is 970 g/mol. The highest BCUT2D eigenvalue weighted by atomic mass is 19.4. The second-order valence-electron chi connectivity index (χ2n) is 18.0. The Bertz CT molecular complexity index is 3120. The normalized spacial score (nSPS) is 11.4. The average Bonchev–Trinajstić information content (AvgIpc) is 3.46. The largest absolute Gasteiger partial charge is 0.402 e. The fourth-order valence-electron chi connectivity index (χ4n) is 9.50. The standard InChI is InChI=1S/C67H53F3N4/c1-4-50-26-34-58(35-27-50)73(64-46-42-62(43-47-64)71(54-18-10-6-11-19-54)55-20-12-7-13-21-55)60-38-30-52(31-39-60)66(3,67(68,69)70)53-32-40-61(41-33-53)74(59-36-28-51(5-2)29-37-59)65-48-44-63(45-49-65)72(56-22-14-8-15-23-56)57-24-16-9-17-25-57/h4-49H,1-2H2,3H3. The molecular weight excluding hydrogens is 918 g/mol. The van der Waals surface area contributed by atoms with Gasteiger partial charge >= 0.3 is 6.18 Å². The number of hydrogen-bond donors (Lipinski definition) is 0. The maximum absolute atomic E-state index is 15.8. The average molecular weight is 971 g/mol. The molecule has 0 bridgehead atoms. The molecule has 7 heteroatoms. The molecule has 362 valence electrons. The lowest BCUT2D eigenvalue weighted by Gasteiger charge is -2.34. The summed E-state index contributed by atoms with van der Waals surface area (Å²) in [6, 6.07) is 86.6. The van der Waals surface area contributed by atoms with Gasteiger partial charge in [0.15, 0.2) is 0 Å². The molecule has 74 heavy (non-hydrogen) atoms. The van der Waals surface area contributed by atoms with Crippen LogP contribution in [0.15, 0.2) is 280 Å². The third-order valence-corrected chi connectivity index (χ3v) is 13.5. The fraction of sp³-hybridized carbons (Fsp3) is 0.0448. The van der Waals surface area contributed by atoms with Crippen molar-refractivity contribution < 1.29 is 13.2 Å². The fourth-order valence-corrected chi connectivity index (χ4v) is 9.50. The van der Waals surface area contributed by atoms with Gasteiger partial charge in [-0.3, -0.25) is 0 Å². The second kappa shape index (κ2) is 21.2. The molecule has 0 N–H and O–H groups in total. The number of para-hydroxylation sites is 4. The maximum Gasteiger partial charge on any atom is 0.402 e. The summed E-state index contributed by atoms with van der Waals surface area (Å²) >= 11 is 0. The molecule has 0 atom stereocenters. The Labute approximate surface area is 432 Å². The summed E-state index contributed by atoms with van der Waals surface area (Å²) in [6.45, 7) is 9.13. The van der Waals surface area contributed by atoms with Gasteiger partial charge in [0, 0.05) is 68.2 Å². The minimum Gasteiger partial charge on any atom is -0.311 e. The number of hydrogen-bond acceptors (Lipinski definition) is 4. The summed E-state index contributed by atoms with van der Waals surface area (Å²) in [5, 5.41) is 0. The summed E-state index contributed by atoms with van der Waals surface area (Å²) in [5.74, 6) is 0. The summed E-state index contributed by atoms with van der Waals surface area (Å²) < 4.78 is 47.5.